The van der Waals surface area contributed by atoms with Gasteiger partial charge in [-0.1, -0.05) is 11.6 Å². The van der Waals surface area contributed by atoms with Gasteiger partial charge in [0.05, 0.1) is 18.7 Å². The van der Waals surface area contributed by atoms with Gasteiger partial charge in [0.1, 0.15) is 16.5 Å². The van der Waals surface area contributed by atoms with E-state index in [4.69, 9.17) is 21.4 Å². The predicted octanol–water partition coefficient (Wildman–Crippen LogP) is 3.20. The topological polar surface area (TPSA) is 91.8 Å². The molecule has 11 heteroatoms. The number of carbonyl (C=O) groups excluding carboxylic acids is 2. The second-order valence-electron chi connectivity index (χ2n) is 5.84. The summed E-state index contributed by atoms with van der Waals surface area (Å²) in [6, 6.07) is 6.73. The summed E-state index contributed by atoms with van der Waals surface area (Å²) in [7, 11) is 0. The number of nitrogens with zero attached hydrogens (tertiary/aromatic N) is 2. The van der Waals surface area contributed by atoms with E-state index < -0.39 is 23.6 Å². The molecule has 3 rings (SSSR count). The van der Waals surface area contributed by atoms with Gasteiger partial charge in [-0.2, -0.15) is 13.2 Å². The van der Waals surface area contributed by atoms with Gasteiger partial charge in [0.15, 0.2) is 0 Å². The Balaban J connectivity index is 1.68. The number of hydrogen-bond donors (Lipinski definition) is 2. The monoisotopic (exact) mass is 427 g/mol. The summed E-state index contributed by atoms with van der Waals surface area (Å²) >= 11 is 5.80. The number of nitrogens with one attached hydrogen (secondary N) is 1. The highest BCUT2D eigenvalue weighted by molar-refractivity contribution is 6.31. The SMILES string of the molecule is O=C1C=C(Nc2ccc(Oc3ncc(C(F)(F)F)cc3Cl)cc2)C(=O)N1CCO. The molecule has 29 heavy (non-hydrogen) atoms. The molecule has 1 aliphatic rings. The maximum Gasteiger partial charge on any atom is 0.417 e. The Morgan fingerprint density at radius 2 is 1.90 bits per heavy atom. The maximum absolute atomic E-state index is 12.6. The molecule has 152 valence electrons. The van der Waals surface area contributed by atoms with Gasteiger partial charge < -0.3 is 15.2 Å². The lowest BCUT2D eigenvalue weighted by Gasteiger charge is -2.13. The smallest absolute Gasteiger partial charge is 0.417 e. The molecule has 0 fully saturated rings. The van der Waals surface area contributed by atoms with Crippen molar-refractivity contribution in [3.63, 3.8) is 0 Å². The van der Waals surface area contributed by atoms with Crippen LogP contribution in [0.1, 0.15) is 5.56 Å². The fourth-order valence-corrected chi connectivity index (χ4v) is 2.64. The quantitative estimate of drug-likeness (QED) is 0.688. The van der Waals surface area contributed by atoms with Crippen molar-refractivity contribution in [2.45, 2.75) is 6.18 Å². The molecule has 2 N–H and O–H groups in total. The van der Waals surface area contributed by atoms with Crippen LogP contribution in [0.25, 0.3) is 0 Å². The van der Waals surface area contributed by atoms with Crippen LogP contribution in [0.3, 0.4) is 0 Å². The van der Waals surface area contributed by atoms with Gasteiger partial charge in [0.25, 0.3) is 11.8 Å². The summed E-state index contributed by atoms with van der Waals surface area (Å²) in [6.07, 6.45) is -2.83. The summed E-state index contributed by atoms with van der Waals surface area (Å²) in [5.41, 5.74) is -0.486. The zero-order valence-corrected chi connectivity index (χ0v) is 15.3. The van der Waals surface area contributed by atoms with E-state index in [1.54, 1.807) is 0 Å². The molecule has 1 aromatic carbocycles. The number of aliphatic hydroxyl groups is 1. The lowest BCUT2D eigenvalue weighted by molar-refractivity contribution is -0.138. The number of carbonyl (C=O) groups is 2. The van der Waals surface area contributed by atoms with Gasteiger partial charge in [-0.25, -0.2) is 4.98 Å². The van der Waals surface area contributed by atoms with Crippen LogP contribution in [0.4, 0.5) is 18.9 Å². The molecule has 1 aromatic heterocycles. The van der Waals surface area contributed by atoms with Gasteiger partial charge in [0.2, 0.25) is 5.88 Å². The summed E-state index contributed by atoms with van der Waals surface area (Å²) in [4.78, 5) is 28.3. The third kappa shape index (κ3) is 4.66. The summed E-state index contributed by atoms with van der Waals surface area (Å²) in [5.74, 6) is -1.05. The van der Waals surface area contributed by atoms with E-state index in [1.807, 2.05) is 0 Å². The Kier molecular flexibility index (Phi) is 5.76. The number of ether oxygens (including phenoxy) is 1. The van der Waals surface area contributed by atoms with E-state index in [2.05, 4.69) is 10.3 Å². The van der Waals surface area contributed by atoms with E-state index in [0.717, 1.165) is 11.0 Å². The van der Waals surface area contributed by atoms with Crippen molar-refractivity contribution >= 4 is 29.1 Å². The van der Waals surface area contributed by atoms with Crippen LogP contribution in [0.15, 0.2) is 48.3 Å². The normalized spacial score (nSPS) is 14.2. The standard InChI is InChI=1S/C18H13ClF3N3O4/c19-13-7-10(18(20,21)22)9-23-16(13)29-12-3-1-11(2-4-12)24-14-8-15(27)25(5-6-26)17(14)28/h1-4,7-9,24,26H,5-6H2. The highest BCUT2D eigenvalue weighted by Gasteiger charge is 2.32. The van der Waals surface area contributed by atoms with Gasteiger partial charge in [-0.05, 0) is 30.3 Å². The maximum atomic E-state index is 12.6. The largest absolute Gasteiger partial charge is 0.438 e. The number of rotatable bonds is 6. The minimum Gasteiger partial charge on any atom is -0.438 e. The number of β-amino-alcohol motifs (C(OH)–C–C–N with tert-alkyl or cyclic N) is 1. The highest BCUT2D eigenvalue weighted by atomic mass is 35.5. The average Bonchev–Trinajstić information content (AvgIpc) is 2.92. The van der Waals surface area contributed by atoms with Crippen LogP contribution in [-0.4, -0.2) is 40.0 Å². The van der Waals surface area contributed by atoms with Crippen molar-refractivity contribution in [2.75, 3.05) is 18.5 Å². The van der Waals surface area contributed by atoms with Crippen LogP contribution >= 0.6 is 11.6 Å². The number of hydrogen-bond acceptors (Lipinski definition) is 6. The first-order valence-corrected chi connectivity index (χ1v) is 8.53. The lowest BCUT2D eigenvalue weighted by Crippen LogP contribution is -2.34. The predicted molar refractivity (Wildman–Crippen MR) is 96.3 cm³/mol. The molecule has 2 heterocycles. The van der Waals surface area contributed by atoms with Crippen LogP contribution < -0.4 is 10.1 Å². The van der Waals surface area contributed by atoms with Gasteiger partial charge in [0, 0.05) is 18.0 Å². The first-order valence-electron chi connectivity index (χ1n) is 8.15. The van der Waals surface area contributed by atoms with Gasteiger partial charge in [-0.15, -0.1) is 0 Å². The number of halogens is 4. The third-order valence-corrected chi connectivity index (χ3v) is 4.09. The third-order valence-electron chi connectivity index (χ3n) is 3.82. The lowest BCUT2D eigenvalue weighted by atomic mass is 10.2. The van der Waals surface area contributed by atoms with Crippen molar-refractivity contribution < 1.29 is 32.6 Å². The molecule has 0 saturated carbocycles. The van der Waals surface area contributed by atoms with Crippen LogP contribution in [0, 0.1) is 0 Å². The number of alkyl halides is 3. The van der Waals surface area contributed by atoms with E-state index >= 15 is 0 Å². The summed E-state index contributed by atoms with van der Waals surface area (Å²) in [6.45, 7) is -0.446. The molecule has 1 aliphatic heterocycles. The van der Waals surface area contributed by atoms with Crippen molar-refractivity contribution in [2.24, 2.45) is 0 Å². The number of pyridine rings is 1. The van der Waals surface area contributed by atoms with Crippen molar-refractivity contribution in [3.8, 4) is 11.6 Å². The number of anilines is 1. The molecule has 0 aliphatic carbocycles. The highest BCUT2D eigenvalue weighted by Crippen LogP contribution is 2.34. The molecular formula is C18H13ClF3N3O4. The first kappa shape index (κ1) is 20.6. The van der Waals surface area contributed by atoms with E-state index in [1.165, 1.54) is 24.3 Å². The minimum atomic E-state index is -4.57. The molecule has 2 aromatic rings. The fraction of sp³-hybridized carbons (Fsp3) is 0.167. The van der Waals surface area contributed by atoms with Gasteiger partial charge in [-0.3, -0.25) is 14.5 Å². The second kappa shape index (κ2) is 8.10. The van der Waals surface area contributed by atoms with E-state index in [-0.39, 0.29) is 35.5 Å². The molecule has 0 atom stereocenters. The molecule has 0 unspecified atom stereocenters. The summed E-state index contributed by atoms with van der Waals surface area (Å²) < 4.78 is 43.3. The van der Waals surface area contributed by atoms with E-state index in [0.29, 0.717) is 18.0 Å². The number of aliphatic hydroxyl groups excluding tert-OH is 1. The second-order valence-corrected chi connectivity index (χ2v) is 6.24. The van der Waals surface area contributed by atoms with Crippen molar-refractivity contribution in [1.29, 1.82) is 0 Å². The molecule has 7 nitrogen and oxygen atoms in total. The molecule has 0 bridgehead atoms. The van der Waals surface area contributed by atoms with Gasteiger partial charge >= 0.3 is 6.18 Å². The van der Waals surface area contributed by atoms with Crippen LogP contribution in [-0.2, 0) is 15.8 Å². The molecule has 0 radical (unpaired) electrons. The minimum absolute atomic E-state index is 0.0459. The Bertz CT molecular complexity index is 977. The number of imide groups is 1. The Morgan fingerprint density at radius 1 is 1.21 bits per heavy atom. The Labute approximate surface area is 167 Å². The van der Waals surface area contributed by atoms with Crippen molar-refractivity contribution in [1.82, 2.24) is 9.88 Å². The fourth-order valence-electron chi connectivity index (χ4n) is 2.44. The number of aromatic nitrogens is 1. The molecule has 0 saturated heterocycles. The molecule has 2 amide bonds. The Morgan fingerprint density at radius 3 is 2.48 bits per heavy atom. The van der Waals surface area contributed by atoms with Crippen molar-refractivity contribution in [3.05, 3.63) is 58.9 Å². The summed E-state index contributed by atoms with van der Waals surface area (Å²) in [5, 5.41) is 11.4. The number of benzene rings is 1. The zero-order valence-electron chi connectivity index (χ0n) is 14.5. The first-order chi connectivity index (χ1) is 13.7. The Hall–Kier alpha value is -3.11. The zero-order chi connectivity index (χ0) is 21.2. The van der Waals surface area contributed by atoms with Crippen LogP contribution in [0.5, 0.6) is 11.6 Å². The number of amides is 2. The van der Waals surface area contributed by atoms with Crippen LogP contribution in [0.2, 0.25) is 5.02 Å². The molecular weight excluding hydrogens is 415 g/mol. The van der Waals surface area contributed by atoms with E-state index in [9.17, 15) is 22.8 Å². The average molecular weight is 428 g/mol. The molecule has 0 spiro atoms.